The van der Waals surface area contributed by atoms with Gasteiger partial charge in [-0.2, -0.15) is 5.26 Å². The minimum Gasteiger partial charge on any atom is -0.506 e. The molecule has 4 nitrogen and oxygen atoms in total. The number of aromatic carboxylic acids is 1. The monoisotopic (exact) mass is 209 g/mol. The minimum absolute atomic E-state index is 0.178. The zero-order valence-corrected chi connectivity index (χ0v) is 8.13. The number of aryl methyl sites for hydroxylation is 1. The molecule has 0 atom stereocenters. The van der Waals surface area contributed by atoms with E-state index < -0.39 is 5.97 Å². The highest BCUT2D eigenvalue weighted by molar-refractivity contribution is 8.03. The second-order valence-electron chi connectivity index (χ2n) is 2.66. The molecule has 0 radical (unpaired) electrons. The number of nitrogens with zero attached hydrogens (tertiary/aromatic N) is 1. The third-order valence-electron chi connectivity index (χ3n) is 1.61. The fraction of sp³-hybridized carbons (Fsp3) is 0.111. The molecule has 0 bridgehead atoms. The average molecular weight is 209 g/mol. The Kier molecular flexibility index (Phi) is 2.99. The van der Waals surface area contributed by atoms with Crippen molar-refractivity contribution in [3.63, 3.8) is 0 Å². The van der Waals surface area contributed by atoms with Gasteiger partial charge in [-0.3, -0.25) is 0 Å². The highest BCUT2D eigenvalue weighted by Crippen LogP contribution is 2.32. The Morgan fingerprint density at radius 3 is 2.71 bits per heavy atom. The lowest BCUT2D eigenvalue weighted by Gasteiger charge is -2.04. The van der Waals surface area contributed by atoms with Gasteiger partial charge >= 0.3 is 5.97 Å². The van der Waals surface area contributed by atoms with Gasteiger partial charge < -0.3 is 10.2 Å². The Morgan fingerprint density at radius 1 is 1.57 bits per heavy atom. The van der Waals surface area contributed by atoms with Crippen LogP contribution in [0.5, 0.6) is 5.75 Å². The molecule has 0 amide bonds. The molecule has 0 spiro atoms. The molecule has 0 aliphatic heterocycles. The number of carboxylic acid groups (broad SMARTS) is 1. The van der Waals surface area contributed by atoms with E-state index in [9.17, 15) is 9.90 Å². The third kappa shape index (κ3) is 1.98. The molecule has 72 valence electrons. The Bertz CT molecular complexity index is 423. The quantitative estimate of drug-likeness (QED) is 0.574. The van der Waals surface area contributed by atoms with Crippen LogP contribution in [0, 0.1) is 17.6 Å². The van der Waals surface area contributed by atoms with Crippen LogP contribution in [0.3, 0.4) is 0 Å². The normalized spacial score (nSPS) is 9.43. The van der Waals surface area contributed by atoms with Gasteiger partial charge in [-0.05, 0) is 36.4 Å². The van der Waals surface area contributed by atoms with Crippen LogP contribution in [0.2, 0.25) is 0 Å². The van der Waals surface area contributed by atoms with Gasteiger partial charge in [0.25, 0.3) is 0 Å². The van der Waals surface area contributed by atoms with Gasteiger partial charge in [0.1, 0.15) is 16.7 Å². The summed E-state index contributed by atoms with van der Waals surface area (Å²) < 4.78 is 0. The van der Waals surface area contributed by atoms with E-state index in [0.717, 1.165) is 11.8 Å². The van der Waals surface area contributed by atoms with E-state index in [1.165, 1.54) is 6.07 Å². The molecule has 5 heteroatoms. The fourth-order valence-corrected chi connectivity index (χ4v) is 1.59. The first-order valence-electron chi connectivity index (χ1n) is 3.69. The van der Waals surface area contributed by atoms with Crippen LogP contribution in [-0.4, -0.2) is 16.2 Å². The molecule has 0 aliphatic carbocycles. The summed E-state index contributed by atoms with van der Waals surface area (Å²) in [6.45, 7) is 1.70. The third-order valence-corrected chi connectivity index (χ3v) is 2.23. The molecule has 1 aromatic rings. The van der Waals surface area contributed by atoms with E-state index in [1.54, 1.807) is 18.4 Å². The number of hydrogen-bond acceptors (Lipinski definition) is 4. The molecular formula is C9H7NO3S. The van der Waals surface area contributed by atoms with Crippen molar-refractivity contribution in [2.45, 2.75) is 11.8 Å². The van der Waals surface area contributed by atoms with Gasteiger partial charge in [-0.1, -0.05) is 0 Å². The first-order valence-corrected chi connectivity index (χ1v) is 4.50. The lowest BCUT2D eigenvalue weighted by molar-refractivity contribution is 0.0693. The highest BCUT2D eigenvalue weighted by atomic mass is 32.2. The maximum absolute atomic E-state index is 10.7. The summed E-state index contributed by atoms with van der Waals surface area (Å²) in [7, 11) is 0. The number of thiocyanates is 1. The summed E-state index contributed by atoms with van der Waals surface area (Å²) in [5.41, 5.74) is 0.515. The van der Waals surface area contributed by atoms with Gasteiger partial charge in [0.05, 0.1) is 4.90 Å². The summed E-state index contributed by atoms with van der Waals surface area (Å²) in [6, 6.07) is 2.93. The lowest BCUT2D eigenvalue weighted by Crippen LogP contribution is -1.98. The molecule has 1 rings (SSSR count). The first-order chi connectivity index (χ1) is 6.56. The van der Waals surface area contributed by atoms with E-state index in [4.69, 9.17) is 10.4 Å². The Labute approximate surface area is 84.8 Å². The topological polar surface area (TPSA) is 81.3 Å². The predicted molar refractivity (Wildman–Crippen MR) is 51.3 cm³/mol. The number of nitriles is 1. The number of benzene rings is 1. The van der Waals surface area contributed by atoms with Crippen LogP contribution in [-0.2, 0) is 0 Å². The van der Waals surface area contributed by atoms with Crippen molar-refractivity contribution >= 4 is 17.7 Å². The molecule has 1 aromatic carbocycles. The highest BCUT2D eigenvalue weighted by Gasteiger charge is 2.14. The second-order valence-corrected chi connectivity index (χ2v) is 3.48. The summed E-state index contributed by atoms with van der Waals surface area (Å²) in [6.07, 6.45) is 0. The number of aromatic hydroxyl groups is 1. The molecule has 0 unspecified atom stereocenters. The van der Waals surface area contributed by atoms with Gasteiger partial charge in [-0.25, -0.2) is 4.79 Å². The van der Waals surface area contributed by atoms with E-state index in [1.807, 2.05) is 0 Å². The molecule has 0 saturated carbocycles. The molecule has 0 aliphatic rings. The minimum atomic E-state index is -1.20. The van der Waals surface area contributed by atoms with E-state index in [0.29, 0.717) is 5.56 Å². The van der Waals surface area contributed by atoms with Crippen LogP contribution in [0.15, 0.2) is 17.0 Å². The van der Waals surface area contributed by atoms with Crippen LogP contribution >= 0.6 is 11.8 Å². The number of carbonyl (C=O) groups is 1. The predicted octanol–water partition coefficient (Wildman–Crippen LogP) is 1.97. The molecule has 14 heavy (non-hydrogen) atoms. The van der Waals surface area contributed by atoms with E-state index in [2.05, 4.69) is 0 Å². The van der Waals surface area contributed by atoms with Gasteiger partial charge in [0, 0.05) is 0 Å². The van der Waals surface area contributed by atoms with Crippen molar-refractivity contribution in [2.75, 3.05) is 0 Å². The molecule has 0 aromatic heterocycles. The number of thioether (sulfide) groups is 1. The smallest absolute Gasteiger partial charge is 0.339 e. The zero-order chi connectivity index (χ0) is 10.7. The summed E-state index contributed by atoms with van der Waals surface area (Å²) in [4.78, 5) is 10.9. The SMILES string of the molecule is Cc1cc(SC#N)c(O)c(C(=O)O)c1. The molecule has 0 saturated heterocycles. The fourth-order valence-electron chi connectivity index (χ4n) is 1.04. The molecular weight excluding hydrogens is 202 g/mol. The lowest BCUT2D eigenvalue weighted by atomic mass is 10.1. The maximum Gasteiger partial charge on any atom is 0.339 e. The number of rotatable bonds is 2. The van der Waals surface area contributed by atoms with E-state index in [-0.39, 0.29) is 16.2 Å². The van der Waals surface area contributed by atoms with Gasteiger partial charge in [-0.15, -0.1) is 0 Å². The van der Waals surface area contributed by atoms with Gasteiger partial charge in [0.2, 0.25) is 0 Å². The van der Waals surface area contributed by atoms with E-state index >= 15 is 0 Å². The first kappa shape index (κ1) is 10.4. The van der Waals surface area contributed by atoms with Crippen LogP contribution in [0.1, 0.15) is 15.9 Å². The van der Waals surface area contributed by atoms with Crippen molar-refractivity contribution in [1.29, 1.82) is 5.26 Å². The van der Waals surface area contributed by atoms with Crippen molar-refractivity contribution < 1.29 is 15.0 Å². The van der Waals surface area contributed by atoms with Gasteiger partial charge in [0.15, 0.2) is 0 Å². The summed E-state index contributed by atoms with van der Waals surface area (Å²) in [5.74, 6) is -1.55. The molecule has 0 heterocycles. The number of carboxylic acids is 1. The van der Waals surface area contributed by atoms with Crippen molar-refractivity contribution in [3.05, 3.63) is 23.3 Å². The van der Waals surface area contributed by atoms with Crippen LogP contribution in [0.4, 0.5) is 0 Å². The summed E-state index contributed by atoms with van der Waals surface area (Å²) >= 11 is 0.740. The average Bonchev–Trinajstić information content (AvgIpc) is 2.10. The Hall–Kier alpha value is -1.67. The standard InChI is InChI=1S/C9H7NO3S/c1-5-2-6(9(12)13)8(11)7(3-5)14-4-10/h2-3,11H,1H3,(H,12,13). The van der Waals surface area contributed by atoms with Crippen molar-refractivity contribution in [1.82, 2.24) is 0 Å². The number of phenols is 1. The van der Waals surface area contributed by atoms with Crippen LogP contribution < -0.4 is 0 Å². The Balaban J connectivity index is 3.33. The zero-order valence-electron chi connectivity index (χ0n) is 7.31. The Morgan fingerprint density at radius 2 is 2.21 bits per heavy atom. The largest absolute Gasteiger partial charge is 0.506 e. The van der Waals surface area contributed by atoms with Crippen LogP contribution in [0.25, 0.3) is 0 Å². The summed E-state index contributed by atoms with van der Waals surface area (Å²) in [5, 5.41) is 28.4. The number of hydrogen-bond donors (Lipinski definition) is 2. The van der Waals surface area contributed by atoms with Crippen molar-refractivity contribution in [2.24, 2.45) is 0 Å². The van der Waals surface area contributed by atoms with Crippen molar-refractivity contribution in [3.8, 4) is 11.2 Å². The molecule has 2 N–H and O–H groups in total. The maximum atomic E-state index is 10.7. The molecule has 0 fully saturated rings. The second kappa shape index (κ2) is 4.03.